The second-order valence-electron chi connectivity index (χ2n) is 5.63. The van der Waals surface area contributed by atoms with Gasteiger partial charge in [-0.3, -0.25) is 0 Å². The predicted molar refractivity (Wildman–Crippen MR) is 92.0 cm³/mol. The molecule has 0 aliphatic heterocycles. The van der Waals surface area contributed by atoms with Gasteiger partial charge < -0.3 is 10.6 Å². The molecule has 2 N–H and O–H groups in total. The molecule has 0 bridgehead atoms. The topological polar surface area (TPSA) is 42.2 Å². The van der Waals surface area contributed by atoms with Gasteiger partial charge in [0.2, 0.25) is 0 Å². The van der Waals surface area contributed by atoms with E-state index < -0.39 is 0 Å². The Labute approximate surface area is 131 Å². The first-order chi connectivity index (χ1) is 10.1. The van der Waals surface area contributed by atoms with E-state index in [2.05, 4.69) is 43.2 Å². The van der Waals surface area contributed by atoms with Crippen molar-refractivity contribution in [2.45, 2.75) is 45.7 Å². The Kier molecular flexibility index (Phi) is 5.76. The zero-order valence-corrected chi connectivity index (χ0v) is 13.9. The van der Waals surface area contributed by atoms with Crippen molar-refractivity contribution in [2.75, 3.05) is 11.4 Å². The molecule has 0 saturated carbocycles. The summed E-state index contributed by atoms with van der Waals surface area (Å²) in [4.78, 5) is 7.14. The second-order valence-corrected chi connectivity index (χ2v) is 6.47. The maximum absolute atomic E-state index is 6.28. The Morgan fingerprint density at radius 2 is 1.95 bits per heavy atom. The minimum atomic E-state index is 0.0137. The molecule has 0 radical (unpaired) electrons. The second kappa shape index (κ2) is 7.57. The maximum Gasteiger partial charge on any atom is 0.185 e. The number of benzene rings is 1. The number of hydrogen-bond acceptors (Lipinski definition) is 4. The Balaban J connectivity index is 2.06. The smallest absolute Gasteiger partial charge is 0.185 e. The van der Waals surface area contributed by atoms with E-state index in [-0.39, 0.29) is 6.04 Å². The van der Waals surface area contributed by atoms with Crippen molar-refractivity contribution in [1.29, 1.82) is 0 Å². The Morgan fingerprint density at radius 3 is 2.57 bits per heavy atom. The number of nitrogens with two attached hydrogens (primary N) is 1. The van der Waals surface area contributed by atoms with Crippen molar-refractivity contribution >= 4 is 16.5 Å². The average Bonchev–Trinajstić information content (AvgIpc) is 2.93. The molecule has 4 heteroatoms. The number of hydrogen-bond donors (Lipinski definition) is 1. The SMILES string of the molecule is CCCN(c1nc(CC(N)c2ccccc2)cs1)C(C)C. The Bertz CT molecular complexity index is 536. The van der Waals surface area contributed by atoms with Crippen LogP contribution in [0.1, 0.15) is 44.5 Å². The van der Waals surface area contributed by atoms with Crippen LogP contribution in [0.3, 0.4) is 0 Å². The van der Waals surface area contributed by atoms with E-state index in [1.807, 2.05) is 18.2 Å². The molecule has 1 aromatic carbocycles. The van der Waals surface area contributed by atoms with Gasteiger partial charge in [-0.2, -0.15) is 0 Å². The van der Waals surface area contributed by atoms with E-state index in [4.69, 9.17) is 10.7 Å². The summed E-state index contributed by atoms with van der Waals surface area (Å²) in [6.45, 7) is 7.68. The summed E-state index contributed by atoms with van der Waals surface area (Å²) >= 11 is 1.72. The van der Waals surface area contributed by atoms with Crippen LogP contribution in [0.15, 0.2) is 35.7 Å². The minimum Gasteiger partial charge on any atom is -0.346 e. The molecule has 1 heterocycles. The lowest BCUT2D eigenvalue weighted by Crippen LogP contribution is -2.31. The van der Waals surface area contributed by atoms with Crippen LogP contribution in [0.25, 0.3) is 0 Å². The molecule has 114 valence electrons. The first kappa shape index (κ1) is 16.0. The van der Waals surface area contributed by atoms with Crippen LogP contribution in [0.4, 0.5) is 5.13 Å². The van der Waals surface area contributed by atoms with E-state index >= 15 is 0 Å². The maximum atomic E-state index is 6.28. The summed E-state index contributed by atoms with van der Waals surface area (Å²) in [5.74, 6) is 0. The first-order valence-corrected chi connectivity index (χ1v) is 8.51. The molecule has 0 saturated heterocycles. The quantitative estimate of drug-likeness (QED) is 0.840. The third-order valence-corrected chi connectivity index (χ3v) is 4.46. The highest BCUT2D eigenvalue weighted by Gasteiger charge is 2.15. The Morgan fingerprint density at radius 1 is 1.24 bits per heavy atom. The molecule has 1 unspecified atom stereocenters. The average molecular weight is 303 g/mol. The molecule has 21 heavy (non-hydrogen) atoms. The highest BCUT2D eigenvalue weighted by atomic mass is 32.1. The van der Waals surface area contributed by atoms with Gasteiger partial charge in [0.15, 0.2) is 5.13 Å². The van der Waals surface area contributed by atoms with E-state index in [0.717, 1.165) is 30.2 Å². The van der Waals surface area contributed by atoms with Gasteiger partial charge in [0.1, 0.15) is 0 Å². The zero-order chi connectivity index (χ0) is 15.2. The summed E-state index contributed by atoms with van der Waals surface area (Å²) < 4.78 is 0. The minimum absolute atomic E-state index is 0.0137. The van der Waals surface area contributed by atoms with Crippen molar-refractivity contribution in [3.63, 3.8) is 0 Å². The number of thiazole rings is 1. The molecular weight excluding hydrogens is 278 g/mol. The fourth-order valence-corrected chi connectivity index (χ4v) is 3.38. The van der Waals surface area contributed by atoms with Gasteiger partial charge in [-0.05, 0) is 25.8 Å². The number of rotatable bonds is 7. The normalized spacial score (nSPS) is 12.6. The summed E-state index contributed by atoms with van der Waals surface area (Å²) in [5.41, 5.74) is 8.54. The summed E-state index contributed by atoms with van der Waals surface area (Å²) in [6.07, 6.45) is 1.93. The van der Waals surface area contributed by atoms with Crippen molar-refractivity contribution in [3.8, 4) is 0 Å². The van der Waals surface area contributed by atoms with Gasteiger partial charge >= 0.3 is 0 Å². The molecule has 3 nitrogen and oxygen atoms in total. The molecule has 0 aliphatic carbocycles. The third-order valence-electron chi connectivity index (χ3n) is 3.53. The molecule has 0 fully saturated rings. The van der Waals surface area contributed by atoms with Gasteiger partial charge in [-0.1, -0.05) is 37.3 Å². The highest BCUT2D eigenvalue weighted by Crippen LogP contribution is 2.25. The molecule has 0 amide bonds. The molecule has 0 spiro atoms. The summed E-state index contributed by atoms with van der Waals surface area (Å²) in [5, 5.41) is 3.26. The lowest BCUT2D eigenvalue weighted by molar-refractivity contribution is 0.663. The highest BCUT2D eigenvalue weighted by molar-refractivity contribution is 7.13. The van der Waals surface area contributed by atoms with Crippen LogP contribution in [0, 0.1) is 0 Å². The molecular formula is C17H25N3S. The molecule has 0 aliphatic rings. The monoisotopic (exact) mass is 303 g/mol. The van der Waals surface area contributed by atoms with Crippen LogP contribution >= 0.6 is 11.3 Å². The van der Waals surface area contributed by atoms with Crippen LogP contribution < -0.4 is 10.6 Å². The lowest BCUT2D eigenvalue weighted by Gasteiger charge is -2.25. The van der Waals surface area contributed by atoms with Crippen LogP contribution in [-0.4, -0.2) is 17.6 Å². The largest absolute Gasteiger partial charge is 0.346 e. The predicted octanol–water partition coefficient (Wildman–Crippen LogP) is 4.01. The zero-order valence-electron chi connectivity index (χ0n) is 13.1. The van der Waals surface area contributed by atoms with Crippen molar-refractivity contribution < 1.29 is 0 Å². The third kappa shape index (κ3) is 4.29. The van der Waals surface area contributed by atoms with E-state index in [9.17, 15) is 0 Å². The lowest BCUT2D eigenvalue weighted by atomic mass is 10.0. The molecule has 1 aromatic heterocycles. The van der Waals surface area contributed by atoms with Gasteiger partial charge in [0.05, 0.1) is 5.69 Å². The molecule has 1 atom stereocenters. The molecule has 2 rings (SSSR count). The fraction of sp³-hybridized carbons (Fsp3) is 0.471. The first-order valence-electron chi connectivity index (χ1n) is 7.63. The number of anilines is 1. The van der Waals surface area contributed by atoms with Crippen molar-refractivity contribution in [3.05, 3.63) is 47.0 Å². The van der Waals surface area contributed by atoms with Gasteiger partial charge in [0, 0.05) is 30.4 Å². The summed E-state index contributed by atoms with van der Waals surface area (Å²) in [6, 6.07) is 10.7. The van der Waals surface area contributed by atoms with Gasteiger partial charge in [0.25, 0.3) is 0 Å². The van der Waals surface area contributed by atoms with Crippen molar-refractivity contribution in [2.24, 2.45) is 5.73 Å². The van der Waals surface area contributed by atoms with Crippen LogP contribution in [0.2, 0.25) is 0 Å². The van der Waals surface area contributed by atoms with Gasteiger partial charge in [-0.25, -0.2) is 4.98 Å². The van der Waals surface area contributed by atoms with E-state index in [1.54, 1.807) is 11.3 Å². The van der Waals surface area contributed by atoms with Crippen molar-refractivity contribution in [1.82, 2.24) is 4.98 Å². The van der Waals surface area contributed by atoms with E-state index in [1.165, 1.54) is 5.56 Å². The number of aromatic nitrogens is 1. The Hall–Kier alpha value is -1.39. The fourth-order valence-electron chi connectivity index (χ4n) is 2.38. The molecule has 2 aromatic rings. The van der Waals surface area contributed by atoms with Gasteiger partial charge in [-0.15, -0.1) is 11.3 Å². The summed E-state index contributed by atoms with van der Waals surface area (Å²) in [7, 11) is 0. The van der Waals surface area contributed by atoms with E-state index in [0.29, 0.717) is 6.04 Å². The standard InChI is InChI=1S/C17H25N3S/c1-4-10-20(13(2)3)17-19-15(12-21-17)11-16(18)14-8-6-5-7-9-14/h5-9,12-13,16H,4,10-11,18H2,1-3H3. The van der Waals surface area contributed by atoms with Crippen LogP contribution in [-0.2, 0) is 6.42 Å². The van der Waals surface area contributed by atoms with Crippen LogP contribution in [0.5, 0.6) is 0 Å². The number of nitrogens with zero attached hydrogens (tertiary/aromatic N) is 2.